The second kappa shape index (κ2) is 6.66. The zero-order chi connectivity index (χ0) is 17.9. The molecule has 24 heavy (non-hydrogen) atoms. The van der Waals surface area contributed by atoms with Gasteiger partial charge in [-0.1, -0.05) is 12.1 Å². The van der Waals surface area contributed by atoms with Gasteiger partial charge in [0.15, 0.2) is 5.69 Å². The lowest BCUT2D eigenvalue weighted by Crippen LogP contribution is -2.54. The Kier molecular flexibility index (Phi) is 4.82. The minimum absolute atomic E-state index is 0.216. The van der Waals surface area contributed by atoms with Gasteiger partial charge < -0.3 is 15.7 Å². The number of nitrogens with one attached hydrogen (secondary N) is 2. The lowest BCUT2D eigenvalue weighted by atomic mass is 10.0. The molecule has 1 aromatic heterocycles. The van der Waals surface area contributed by atoms with Crippen molar-refractivity contribution in [3.63, 3.8) is 0 Å². The predicted octanol–water partition coefficient (Wildman–Crippen LogP) is 1.85. The fourth-order valence-electron chi connectivity index (χ4n) is 2.17. The van der Waals surface area contributed by atoms with Crippen LogP contribution in [0.5, 0.6) is 5.75 Å². The van der Waals surface area contributed by atoms with E-state index in [2.05, 4.69) is 15.6 Å². The molecule has 0 atom stereocenters. The van der Waals surface area contributed by atoms with Crippen LogP contribution in [-0.4, -0.2) is 34.5 Å². The first-order valence-electron chi connectivity index (χ1n) is 7.24. The maximum Gasteiger partial charge on any atom is 0.274 e. The van der Waals surface area contributed by atoms with Gasteiger partial charge in [-0.2, -0.15) is 0 Å². The Hall–Kier alpha value is -2.96. The molecule has 0 saturated carbocycles. The highest BCUT2D eigenvalue weighted by Gasteiger charge is 2.30. The van der Waals surface area contributed by atoms with Gasteiger partial charge in [-0.15, -0.1) is 0 Å². The number of halogens is 1. The van der Waals surface area contributed by atoms with Crippen LogP contribution in [0.3, 0.4) is 0 Å². The van der Waals surface area contributed by atoms with Crippen molar-refractivity contribution in [2.24, 2.45) is 0 Å². The molecule has 3 N–H and O–H groups in total. The van der Waals surface area contributed by atoms with Crippen molar-refractivity contribution in [1.82, 2.24) is 15.6 Å². The van der Waals surface area contributed by atoms with Crippen molar-refractivity contribution in [1.29, 1.82) is 0 Å². The Labute approximate surface area is 138 Å². The van der Waals surface area contributed by atoms with Gasteiger partial charge in [0.05, 0.1) is 0 Å². The number of carbonyl (C=O) groups excluding carboxylic acids is 2. The molecule has 126 valence electrons. The summed E-state index contributed by atoms with van der Waals surface area (Å²) in [7, 11) is 1.46. The highest BCUT2D eigenvalue weighted by Crippen LogP contribution is 2.25. The minimum atomic E-state index is -1.17. The van der Waals surface area contributed by atoms with Crippen LogP contribution in [-0.2, 0) is 4.79 Å². The summed E-state index contributed by atoms with van der Waals surface area (Å²) in [5.41, 5.74) is -0.391. The van der Waals surface area contributed by atoms with Gasteiger partial charge in [0.2, 0.25) is 5.91 Å². The Bertz CT molecular complexity index is 790. The Morgan fingerprint density at radius 2 is 1.92 bits per heavy atom. The number of amides is 2. The molecule has 1 aromatic carbocycles. The lowest BCUT2D eigenvalue weighted by Gasteiger charge is -2.24. The molecule has 7 heteroatoms. The van der Waals surface area contributed by atoms with Gasteiger partial charge >= 0.3 is 0 Å². The topological polar surface area (TPSA) is 91.3 Å². The summed E-state index contributed by atoms with van der Waals surface area (Å²) in [6.45, 7) is 3.06. The molecule has 0 aliphatic carbocycles. The SMILES string of the molecule is CNC(=O)C(C)(C)NC(=O)c1ncc(-c2cccc(F)c2)cc1O. The smallest absolute Gasteiger partial charge is 0.274 e. The van der Waals surface area contributed by atoms with E-state index in [1.807, 2.05) is 0 Å². The average molecular weight is 331 g/mol. The van der Waals surface area contributed by atoms with E-state index in [0.717, 1.165) is 0 Å². The quantitative estimate of drug-likeness (QED) is 0.797. The summed E-state index contributed by atoms with van der Waals surface area (Å²) in [4.78, 5) is 27.9. The van der Waals surface area contributed by atoms with E-state index in [1.165, 1.54) is 51.4 Å². The Balaban J connectivity index is 2.27. The van der Waals surface area contributed by atoms with Crippen molar-refractivity contribution >= 4 is 11.8 Å². The number of aromatic hydroxyl groups is 1. The standard InChI is InChI=1S/C17H18FN3O3/c1-17(2,16(24)19-3)21-15(23)14-13(22)8-11(9-20-14)10-5-4-6-12(18)7-10/h4-9,22H,1-3H3,(H,19,24)(H,21,23). The molecule has 0 fully saturated rings. The third kappa shape index (κ3) is 3.68. The van der Waals surface area contributed by atoms with Crippen LogP contribution in [0.2, 0.25) is 0 Å². The van der Waals surface area contributed by atoms with Crippen LogP contribution in [0.25, 0.3) is 11.1 Å². The molecule has 2 aromatic rings. The van der Waals surface area contributed by atoms with Crippen LogP contribution in [0.4, 0.5) is 4.39 Å². The molecular formula is C17H18FN3O3. The summed E-state index contributed by atoms with van der Waals surface area (Å²) in [6.07, 6.45) is 1.36. The number of benzene rings is 1. The number of likely N-dealkylation sites (N-methyl/N-ethyl adjacent to an activating group) is 1. The molecule has 0 bridgehead atoms. The van der Waals surface area contributed by atoms with Crippen LogP contribution in [0.15, 0.2) is 36.5 Å². The van der Waals surface area contributed by atoms with E-state index in [1.54, 1.807) is 6.07 Å². The van der Waals surface area contributed by atoms with E-state index in [4.69, 9.17) is 0 Å². The monoisotopic (exact) mass is 331 g/mol. The third-order valence-electron chi connectivity index (χ3n) is 3.46. The number of carbonyl (C=O) groups is 2. The second-order valence-corrected chi connectivity index (χ2v) is 5.76. The first-order chi connectivity index (χ1) is 11.2. The molecule has 2 rings (SSSR count). The highest BCUT2D eigenvalue weighted by molar-refractivity contribution is 5.99. The summed E-state index contributed by atoms with van der Waals surface area (Å²) in [5, 5.41) is 15.0. The molecule has 2 amide bonds. The minimum Gasteiger partial charge on any atom is -0.505 e. The molecule has 0 spiro atoms. The van der Waals surface area contributed by atoms with Gasteiger partial charge in [0.25, 0.3) is 5.91 Å². The summed E-state index contributed by atoms with van der Waals surface area (Å²) >= 11 is 0. The maximum atomic E-state index is 13.3. The van der Waals surface area contributed by atoms with E-state index >= 15 is 0 Å². The Morgan fingerprint density at radius 1 is 1.21 bits per heavy atom. The van der Waals surface area contributed by atoms with Crippen molar-refractivity contribution in [2.75, 3.05) is 7.05 Å². The number of pyridine rings is 1. The largest absolute Gasteiger partial charge is 0.505 e. The molecule has 0 saturated heterocycles. The van der Waals surface area contributed by atoms with Crippen LogP contribution in [0, 0.1) is 5.82 Å². The lowest BCUT2D eigenvalue weighted by molar-refractivity contribution is -0.125. The van der Waals surface area contributed by atoms with Gasteiger partial charge in [-0.25, -0.2) is 9.37 Å². The zero-order valence-corrected chi connectivity index (χ0v) is 13.6. The first-order valence-corrected chi connectivity index (χ1v) is 7.24. The van der Waals surface area contributed by atoms with Gasteiger partial charge in [-0.3, -0.25) is 9.59 Å². The average Bonchev–Trinajstić information content (AvgIpc) is 2.53. The van der Waals surface area contributed by atoms with Gasteiger partial charge in [-0.05, 0) is 37.6 Å². The molecule has 1 heterocycles. The zero-order valence-electron chi connectivity index (χ0n) is 13.6. The van der Waals surface area contributed by atoms with Crippen molar-refractivity contribution in [2.45, 2.75) is 19.4 Å². The normalized spacial score (nSPS) is 11.0. The number of hydrogen-bond donors (Lipinski definition) is 3. The third-order valence-corrected chi connectivity index (χ3v) is 3.46. The summed E-state index contributed by atoms with van der Waals surface area (Å²) in [6, 6.07) is 7.12. The number of rotatable bonds is 4. The Morgan fingerprint density at radius 3 is 2.50 bits per heavy atom. The van der Waals surface area contributed by atoms with E-state index in [9.17, 15) is 19.1 Å². The van der Waals surface area contributed by atoms with E-state index < -0.39 is 17.3 Å². The number of nitrogens with zero attached hydrogens (tertiary/aromatic N) is 1. The summed E-state index contributed by atoms with van der Waals surface area (Å²) in [5.74, 6) is -1.85. The fourth-order valence-corrected chi connectivity index (χ4v) is 2.17. The van der Waals surface area contributed by atoms with E-state index in [-0.39, 0.29) is 17.4 Å². The number of hydrogen-bond acceptors (Lipinski definition) is 4. The summed E-state index contributed by atoms with van der Waals surface area (Å²) < 4.78 is 13.3. The molecule has 0 radical (unpaired) electrons. The van der Waals surface area contributed by atoms with Crippen molar-refractivity contribution in [3.8, 4) is 16.9 Å². The molecular weight excluding hydrogens is 313 g/mol. The first kappa shape index (κ1) is 17.4. The number of aromatic nitrogens is 1. The highest BCUT2D eigenvalue weighted by atomic mass is 19.1. The molecule has 0 aliphatic rings. The van der Waals surface area contributed by atoms with Crippen molar-refractivity contribution in [3.05, 3.63) is 48.0 Å². The fraction of sp³-hybridized carbons (Fsp3) is 0.235. The van der Waals surface area contributed by atoms with Gasteiger partial charge in [0, 0.05) is 18.8 Å². The second-order valence-electron chi connectivity index (χ2n) is 5.76. The van der Waals surface area contributed by atoms with Crippen LogP contribution < -0.4 is 10.6 Å². The van der Waals surface area contributed by atoms with Gasteiger partial charge in [0.1, 0.15) is 17.1 Å². The molecule has 6 nitrogen and oxygen atoms in total. The predicted molar refractivity (Wildman–Crippen MR) is 86.9 cm³/mol. The van der Waals surface area contributed by atoms with Crippen LogP contribution >= 0.6 is 0 Å². The van der Waals surface area contributed by atoms with E-state index in [0.29, 0.717) is 11.1 Å². The molecule has 0 aliphatic heterocycles. The van der Waals surface area contributed by atoms with Crippen molar-refractivity contribution < 1.29 is 19.1 Å². The maximum absolute atomic E-state index is 13.3. The van der Waals surface area contributed by atoms with Crippen LogP contribution in [0.1, 0.15) is 24.3 Å². The molecule has 0 unspecified atom stereocenters.